The zero-order valence-electron chi connectivity index (χ0n) is 11.7. The Kier molecular flexibility index (Phi) is 3.76. The van der Waals surface area contributed by atoms with E-state index >= 15 is 0 Å². The summed E-state index contributed by atoms with van der Waals surface area (Å²) in [5.41, 5.74) is 0.300. The molecule has 1 aromatic heterocycles. The van der Waals surface area contributed by atoms with Gasteiger partial charge in [-0.3, -0.25) is 4.79 Å². The number of ether oxygens (including phenoxy) is 2. The number of amides is 1. The molecule has 0 radical (unpaired) electrons. The van der Waals surface area contributed by atoms with E-state index in [0.29, 0.717) is 24.6 Å². The zero-order chi connectivity index (χ0) is 14.0. The van der Waals surface area contributed by atoms with Gasteiger partial charge in [0.1, 0.15) is 11.9 Å². The van der Waals surface area contributed by atoms with Crippen molar-refractivity contribution < 1.29 is 18.8 Å². The molecule has 1 amide bonds. The Bertz CT molecular complexity index is 479. The summed E-state index contributed by atoms with van der Waals surface area (Å²) in [6.07, 6.45) is 5.39. The van der Waals surface area contributed by atoms with Crippen molar-refractivity contribution in [2.75, 3.05) is 13.2 Å². The predicted octanol–water partition coefficient (Wildman–Crippen LogP) is 1.79. The number of rotatable bonds is 3. The molecule has 1 aromatic rings. The van der Waals surface area contributed by atoms with Crippen LogP contribution in [0.25, 0.3) is 0 Å². The first-order valence-electron chi connectivity index (χ1n) is 7.20. The van der Waals surface area contributed by atoms with Crippen LogP contribution in [0, 0.1) is 6.92 Å². The summed E-state index contributed by atoms with van der Waals surface area (Å²) in [5.74, 6) is -0.00945. The van der Waals surface area contributed by atoms with Crippen molar-refractivity contribution in [2.45, 2.75) is 50.9 Å². The maximum absolute atomic E-state index is 11.9. The van der Waals surface area contributed by atoms with Crippen LogP contribution < -0.4 is 5.32 Å². The molecular formula is C14H20N2O4. The van der Waals surface area contributed by atoms with E-state index in [4.69, 9.17) is 14.0 Å². The highest BCUT2D eigenvalue weighted by Gasteiger charge is 2.42. The van der Waals surface area contributed by atoms with Gasteiger partial charge in [-0.1, -0.05) is 11.6 Å². The van der Waals surface area contributed by atoms with Crippen LogP contribution in [-0.4, -0.2) is 36.1 Å². The molecule has 1 N–H and O–H groups in total. The minimum atomic E-state index is -0.391. The van der Waals surface area contributed by atoms with Crippen molar-refractivity contribution in [1.82, 2.24) is 10.5 Å². The Morgan fingerprint density at radius 3 is 2.95 bits per heavy atom. The summed E-state index contributed by atoms with van der Waals surface area (Å²) in [6.45, 7) is 2.73. The van der Waals surface area contributed by atoms with E-state index in [0.717, 1.165) is 25.7 Å². The van der Waals surface area contributed by atoms with Gasteiger partial charge >= 0.3 is 0 Å². The highest BCUT2D eigenvalue weighted by Crippen LogP contribution is 2.37. The van der Waals surface area contributed by atoms with Crippen LogP contribution in [0.3, 0.4) is 0 Å². The van der Waals surface area contributed by atoms with Crippen LogP contribution >= 0.6 is 0 Å². The van der Waals surface area contributed by atoms with Crippen molar-refractivity contribution in [1.29, 1.82) is 0 Å². The van der Waals surface area contributed by atoms with Crippen molar-refractivity contribution >= 4 is 5.91 Å². The number of nitrogens with one attached hydrogen (secondary N) is 1. The van der Waals surface area contributed by atoms with E-state index in [9.17, 15) is 4.79 Å². The second kappa shape index (κ2) is 5.54. The number of aryl methyl sites for hydroxylation is 1. The third kappa shape index (κ3) is 2.86. The minimum absolute atomic E-state index is 0.0787. The van der Waals surface area contributed by atoms with Crippen LogP contribution in [0.4, 0.5) is 0 Å². The van der Waals surface area contributed by atoms with Gasteiger partial charge in [-0.05, 0) is 19.8 Å². The molecule has 2 heterocycles. The fourth-order valence-electron chi connectivity index (χ4n) is 2.84. The summed E-state index contributed by atoms with van der Waals surface area (Å²) in [6, 6.07) is 1.62. The van der Waals surface area contributed by atoms with E-state index in [2.05, 4.69) is 10.5 Å². The van der Waals surface area contributed by atoms with Crippen molar-refractivity contribution in [3.63, 3.8) is 0 Å². The molecule has 3 rings (SSSR count). The van der Waals surface area contributed by atoms with Gasteiger partial charge in [-0.2, -0.15) is 0 Å². The van der Waals surface area contributed by atoms with E-state index < -0.39 is 5.79 Å². The Balaban J connectivity index is 1.49. The third-order valence-corrected chi connectivity index (χ3v) is 3.88. The Morgan fingerprint density at radius 1 is 1.45 bits per heavy atom. The first kappa shape index (κ1) is 13.6. The van der Waals surface area contributed by atoms with E-state index in [1.165, 1.54) is 6.42 Å². The molecular weight excluding hydrogens is 260 g/mol. The summed E-state index contributed by atoms with van der Waals surface area (Å²) >= 11 is 0. The van der Waals surface area contributed by atoms with Crippen LogP contribution in [0.2, 0.25) is 0 Å². The van der Waals surface area contributed by atoms with Gasteiger partial charge in [0.2, 0.25) is 0 Å². The molecule has 0 aromatic carbocycles. The Morgan fingerprint density at radius 2 is 2.25 bits per heavy atom. The standard InChI is InChI=1S/C14H20N2O4/c1-10-7-12(16-20-10)13(17)15-8-11-9-18-14(19-11)5-3-2-4-6-14/h7,11H,2-6,8-9H2,1H3,(H,15,17). The average molecular weight is 280 g/mol. The lowest BCUT2D eigenvalue weighted by Gasteiger charge is -2.31. The molecule has 110 valence electrons. The van der Waals surface area contributed by atoms with Crippen LogP contribution in [-0.2, 0) is 9.47 Å². The summed E-state index contributed by atoms with van der Waals surface area (Å²) in [5, 5.41) is 6.49. The van der Waals surface area contributed by atoms with E-state index in [-0.39, 0.29) is 12.0 Å². The fraction of sp³-hybridized carbons (Fsp3) is 0.714. The fourth-order valence-corrected chi connectivity index (χ4v) is 2.84. The number of hydrogen-bond donors (Lipinski definition) is 1. The molecule has 1 unspecified atom stereocenters. The van der Waals surface area contributed by atoms with E-state index in [1.807, 2.05) is 0 Å². The summed E-state index contributed by atoms with van der Waals surface area (Å²) in [4.78, 5) is 11.9. The van der Waals surface area contributed by atoms with Crippen molar-refractivity contribution in [3.05, 3.63) is 17.5 Å². The topological polar surface area (TPSA) is 73.6 Å². The molecule has 2 fully saturated rings. The normalized spacial score (nSPS) is 24.9. The van der Waals surface area contributed by atoms with Crippen molar-refractivity contribution in [3.8, 4) is 0 Å². The van der Waals surface area contributed by atoms with Crippen LogP contribution in [0.5, 0.6) is 0 Å². The quantitative estimate of drug-likeness (QED) is 0.913. The Hall–Kier alpha value is -1.40. The highest BCUT2D eigenvalue weighted by atomic mass is 16.7. The minimum Gasteiger partial charge on any atom is -0.361 e. The Labute approximate surface area is 117 Å². The molecule has 2 aliphatic rings. The average Bonchev–Trinajstić information content (AvgIpc) is 3.05. The first-order valence-corrected chi connectivity index (χ1v) is 7.20. The number of aromatic nitrogens is 1. The molecule has 6 heteroatoms. The first-order chi connectivity index (χ1) is 9.67. The van der Waals surface area contributed by atoms with Gasteiger partial charge in [0.25, 0.3) is 5.91 Å². The highest BCUT2D eigenvalue weighted by molar-refractivity contribution is 5.92. The third-order valence-electron chi connectivity index (χ3n) is 3.88. The number of nitrogens with zero attached hydrogens (tertiary/aromatic N) is 1. The summed E-state index contributed by atoms with van der Waals surface area (Å²) in [7, 11) is 0. The largest absolute Gasteiger partial charge is 0.361 e. The maximum atomic E-state index is 11.9. The molecule has 20 heavy (non-hydrogen) atoms. The SMILES string of the molecule is Cc1cc(C(=O)NCC2COC3(CCCCC3)O2)no1. The maximum Gasteiger partial charge on any atom is 0.273 e. The summed E-state index contributed by atoms with van der Waals surface area (Å²) < 4.78 is 16.7. The lowest BCUT2D eigenvalue weighted by atomic mass is 9.94. The zero-order valence-corrected chi connectivity index (χ0v) is 11.7. The number of carbonyl (C=O) groups is 1. The number of carbonyl (C=O) groups excluding carboxylic acids is 1. The van der Waals surface area contributed by atoms with Gasteiger partial charge in [-0.25, -0.2) is 0 Å². The smallest absolute Gasteiger partial charge is 0.273 e. The molecule has 1 atom stereocenters. The van der Waals surface area contributed by atoms with Gasteiger partial charge in [0, 0.05) is 25.5 Å². The van der Waals surface area contributed by atoms with Crippen molar-refractivity contribution in [2.24, 2.45) is 0 Å². The lowest BCUT2D eigenvalue weighted by Crippen LogP contribution is -2.37. The molecule has 1 aliphatic heterocycles. The second-order valence-electron chi connectivity index (χ2n) is 5.56. The van der Waals surface area contributed by atoms with Crippen LogP contribution in [0.15, 0.2) is 10.6 Å². The van der Waals surface area contributed by atoms with Gasteiger partial charge in [-0.15, -0.1) is 0 Å². The van der Waals surface area contributed by atoms with Gasteiger partial charge in [0.15, 0.2) is 11.5 Å². The molecule has 1 spiro atoms. The lowest BCUT2D eigenvalue weighted by molar-refractivity contribution is -0.186. The predicted molar refractivity (Wildman–Crippen MR) is 70.2 cm³/mol. The molecule has 6 nitrogen and oxygen atoms in total. The molecule has 0 bridgehead atoms. The van der Waals surface area contributed by atoms with Gasteiger partial charge in [0.05, 0.1) is 6.61 Å². The van der Waals surface area contributed by atoms with Gasteiger partial charge < -0.3 is 19.3 Å². The second-order valence-corrected chi connectivity index (χ2v) is 5.56. The monoisotopic (exact) mass is 280 g/mol. The molecule has 1 saturated carbocycles. The molecule has 1 aliphatic carbocycles. The van der Waals surface area contributed by atoms with E-state index in [1.54, 1.807) is 13.0 Å². The van der Waals surface area contributed by atoms with Crippen LogP contribution in [0.1, 0.15) is 48.4 Å². The molecule has 1 saturated heterocycles. The number of hydrogen-bond acceptors (Lipinski definition) is 5.